The lowest BCUT2D eigenvalue weighted by atomic mass is 9.60. The number of unbranched alkanes of at least 4 members (excludes halogenated alkanes) is 4. The molecule has 0 aliphatic heterocycles. The lowest BCUT2D eigenvalue weighted by Gasteiger charge is -2.45. The van der Waals surface area contributed by atoms with Crippen molar-refractivity contribution >= 4 is 5.97 Å². The van der Waals surface area contributed by atoms with Crippen molar-refractivity contribution < 1.29 is 18.3 Å². The summed E-state index contributed by atoms with van der Waals surface area (Å²) in [5.41, 5.74) is -0.652. The minimum Gasteiger partial charge on any atom is -0.426 e. The first-order chi connectivity index (χ1) is 17.5. The molecule has 0 amide bonds. The van der Waals surface area contributed by atoms with E-state index in [-0.39, 0.29) is 11.7 Å². The molecule has 3 aliphatic rings. The Morgan fingerprint density at radius 2 is 1.44 bits per heavy atom. The van der Waals surface area contributed by atoms with Gasteiger partial charge in [0.25, 0.3) is 0 Å². The van der Waals surface area contributed by atoms with Gasteiger partial charge in [-0.1, -0.05) is 51.9 Å². The zero-order valence-corrected chi connectivity index (χ0v) is 22.0. The van der Waals surface area contributed by atoms with Crippen molar-refractivity contribution in [2.75, 3.05) is 0 Å². The summed E-state index contributed by atoms with van der Waals surface area (Å²) in [4.78, 5) is 12.6. The topological polar surface area (TPSA) is 50.1 Å². The number of benzene rings is 1. The van der Waals surface area contributed by atoms with E-state index < -0.39 is 23.2 Å². The van der Waals surface area contributed by atoms with Crippen molar-refractivity contribution in [3.05, 3.63) is 29.3 Å². The van der Waals surface area contributed by atoms with Gasteiger partial charge in [-0.15, -0.1) is 0 Å². The van der Waals surface area contributed by atoms with Crippen LogP contribution in [0.5, 0.6) is 5.75 Å². The standard InChI is InChI=1S/C31H43F2NO2/c1-2-3-4-5-6-7-21-8-9-26-17-25(15-14-24(26)16-21)22-10-12-23(13-11-22)31(35)36-27-18-29(32)28(20-34)30(33)19-27/h18-19,21-26H,2-17H2,1H3. The van der Waals surface area contributed by atoms with E-state index in [0.717, 1.165) is 61.5 Å². The molecule has 0 spiro atoms. The molecule has 1 aromatic carbocycles. The second kappa shape index (κ2) is 13.0. The first-order valence-electron chi connectivity index (χ1n) is 14.6. The largest absolute Gasteiger partial charge is 0.426 e. The van der Waals surface area contributed by atoms with Crippen molar-refractivity contribution in [2.24, 2.45) is 35.5 Å². The zero-order valence-electron chi connectivity index (χ0n) is 22.0. The van der Waals surface area contributed by atoms with Crippen LogP contribution < -0.4 is 4.74 Å². The molecule has 3 aliphatic carbocycles. The van der Waals surface area contributed by atoms with E-state index in [1.54, 1.807) is 0 Å². The third-order valence-electron chi connectivity index (χ3n) is 9.60. The van der Waals surface area contributed by atoms with Crippen LogP contribution in [-0.2, 0) is 4.79 Å². The van der Waals surface area contributed by atoms with Crippen molar-refractivity contribution in [3.63, 3.8) is 0 Å². The first-order valence-corrected chi connectivity index (χ1v) is 14.6. The summed E-state index contributed by atoms with van der Waals surface area (Å²) in [6, 6.07) is 3.33. The minimum absolute atomic E-state index is 0.161. The number of ether oxygens (including phenoxy) is 1. The maximum atomic E-state index is 13.8. The number of carbonyl (C=O) groups excluding carboxylic acids is 1. The Hall–Kier alpha value is -1.96. The van der Waals surface area contributed by atoms with Gasteiger partial charge in [0.2, 0.25) is 0 Å². The highest BCUT2D eigenvalue weighted by Crippen LogP contribution is 2.49. The van der Waals surface area contributed by atoms with Crippen LogP contribution >= 0.6 is 0 Å². The van der Waals surface area contributed by atoms with E-state index >= 15 is 0 Å². The van der Waals surface area contributed by atoms with Crippen LogP contribution in [0.2, 0.25) is 0 Å². The number of hydrogen-bond acceptors (Lipinski definition) is 3. The Bertz CT molecular complexity index is 895. The second-order valence-corrected chi connectivity index (χ2v) is 11.9. The van der Waals surface area contributed by atoms with Crippen molar-refractivity contribution in [1.29, 1.82) is 5.26 Å². The lowest BCUT2D eigenvalue weighted by Crippen LogP contribution is -2.35. The average molecular weight is 500 g/mol. The number of nitrogens with zero attached hydrogens (tertiary/aromatic N) is 1. The summed E-state index contributed by atoms with van der Waals surface area (Å²) in [6.07, 6.45) is 20.5. The molecule has 1 aromatic rings. The Kier molecular flexibility index (Phi) is 9.80. The van der Waals surface area contributed by atoms with Gasteiger partial charge in [0.15, 0.2) is 0 Å². The molecule has 5 heteroatoms. The van der Waals surface area contributed by atoms with Gasteiger partial charge in [-0.3, -0.25) is 4.79 Å². The van der Waals surface area contributed by atoms with Gasteiger partial charge in [-0.2, -0.15) is 5.26 Å². The monoisotopic (exact) mass is 499 g/mol. The summed E-state index contributed by atoms with van der Waals surface area (Å²) < 4.78 is 33.0. The molecule has 0 N–H and O–H groups in total. The number of halogens is 2. The second-order valence-electron chi connectivity index (χ2n) is 11.9. The van der Waals surface area contributed by atoms with E-state index in [1.165, 1.54) is 83.1 Å². The quantitative estimate of drug-likeness (QED) is 0.194. The van der Waals surface area contributed by atoms with E-state index in [0.29, 0.717) is 5.92 Å². The third kappa shape index (κ3) is 6.87. The number of carbonyl (C=O) groups is 1. The fourth-order valence-electron chi connectivity index (χ4n) is 7.49. The van der Waals surface area contributed by atoms with E-state index in [9.17, 15) is 13.6 Å². The number of nitriles is 1. The molecular formula is C31H43F2NO2. The number of rotatable bonds is 9. The molecule has 4 unspecified atom stereocenters. The van der Waals surface area contributed by atoms with Crippen molar-refractivity contribution in [2.45, 2.75) is 110 Å². The molecule has 0 heterocycles. The molecule has 36 heavy (non-hydrogen) atoms. The van der Waals surface area contributed by atoms with Gasteiger partial charge in [-0.25, -0.2) is 8.78 Å². The van der Waals surface area contributed by atoms with E-state index in [4.69, 9.17) is 10.00 Å². The van der Waals surface area contributed by atoms with Gasteiger partial charge < -0.3 is 4.74 Å². The Morgan fingerprint density at radius 3 is 2.11 bits per heavy atom. The highest BCUT2D eigenvalue weighted by atomic mass is 19.1. The maximum Gasteiger partial charge on any atom is 0.314 e. The van der Waals surface area contributed by atoms with Gasteiger partial charge in [0.05, 0.1) is 5.92 Å². The first kappa shape index (κ1) is 27.1. The molecule has 3 nitrogen and oxygen atoms in total. The van der Waals surface area contributed by atoms with Crippen LogP contribution in [0, 0.1) is 58.5 Å². The zero-order chi connectivity index (χ0) is 25.5. The molecule has 4 rings (SSSR count). The highest BCUT2D eigenvalue weighted by molar-refractivity contribution is 5.75. The molecule has 0 radical (unpaired) electrons. The molecule has 3 fully saturated rings. The van der Waals surface area contributed by atoms with Gasteiger partial charge in [-0.05, 0) is 87.4 Å². The average Bonchev–Trinajstić information content (AvgIpc) is 2.88. The summed E-state index contributed by atoms with van der Waals surface area (Å²) in [6.45, 7) is 2.28. The van der Waals surface area contributed by atoms with Crippen molar-refractivity contribution in [3.8, 4) is 11.8 Å². The lowest BCUT2D eigenvalue weighted by molar-refractivity contribution is -0.140. The number of esters is 1. The highest BCUT2D eigenvalue weighted by Gasteiger charge is 2.39. The van der Waals surface area contributed by atoms with E-state index in [2.05, 4.69) is 6.92 Å². The van der Waals surface area contributed by atoms with Crippen LogP contribution in [0.4, 0.5) is 8.78 Å². The SMILES string of the molecule is CCCCCCCC1CCC2CC(C3CCC(C(=O)Oc4cc(F)c(C#N)c(F)c4)CC3)CCC2C1. The molecule has 3 saturated carbocycles. The van der Waals surface area contributed by atoms with Gasteiger partial charge >= 0.3 is 5.97 Å². The fraction of sp³-hybridized carbons (Fsp3) is 0.742. The van der Waals surface area contributed by atoms with Crippen molar-refractivity contribution in [1.82, 2.24) is 0 Å². The smallest absolute Gasteiger partial charge is 0.314 e. The molecule has 4 atom stereocenters. The third-order valence-corrected chi connectivity index (χ3v) is 9.60. The molecular weight excluding hydrogens is 456 g/mol. The van der Waals surface area contributed by atoms with Crippen LogP contribution in [0.15, 0.2) is 12.1 Å². The Morgan fingerprint density at radius 1 is 0.861 bits per heavy atom. The molecule has 0 saturated heterocycles. The predicted octanol–water partition coefficient (Wildman–Crippen LogP) is 8.74. The summed E-state index contributed by atoms with van der Waals surface area (Å²) in [5, 5.41) is 8.80. The fourth-order valence-corrected chi connectivity index (χ4v) is 7.49. The van der Waals surface area contributed by atoms with E-state index in [1.807, 2.05) is 0 Å². The number of hydrogen-bond donors (Lipinski definition) is 0. The molecule has 0 bridgehead atoms. The predicted molar refractivity (Wildman–Crippen MR) is 137 cm³/mol. The van der Waals surface area contributed by atoms with Crippen LogP contribution in [0.3, 0.4) is 0 Å². The minimum atomic E-state index is -0.999. The summed E-state index contributed by atoms with van der Waals surface area (Å²) >= 11 is 0. The normalized spacial score (nSPS) is 30.3. The van der Waals surface area contributed by atoms with Gasteiger partial charge in [0, 0.05) is 12.1 Å². The van der Waals surface area contributed by atoms with Crippen LogP contribution in [0.25, 0.3) is 0 Å². The Labute approximate surface area is 216 Å². The maximum absolute atomic E-state index is 13.8. The number of fused-ring (bicyclic) bond motifs is 1. The van der Waals surface area contributed by atoms with Gasteiger partial charge in [0.1, 0.15) is 29.0 Å². The van der Waals surface area contributed by atoms with Crippen LogP contribution in [0.1, 0.15) is 115 Å². The molecule has 0 aromatic heterocycles. The Balaban J connectivity index is 1.19. The summed E-state index contributed by atoms with van der Waals surface area (Å²) in [5.74, 6) is 1.50. The molecule has 198 valence electrons. The van der Waals surface area contributed by atoms with Crippen LogP contribution in [-0.4, -0.2) is 5.97 Å². The summed E-state index contributed by atoms with van der Waals surface area (Å²) in [7, 11) is 0.